The van der Waals surface area contributed by atoms with Crippen LogP contribution in [0.2, 0.25) is 0 Å². The minimum atomic E-state index is 0.445. The highest BCUT2D eigenvalue weighted by molar-refractivity contribution is 5.84. The number of aromatic nitrogens is 1. The number of nitrogens with one attached hydrogen (secondary N) is 1. The molecule has 1 heterocycles. The van der Waals surface area contributed by atoms with E-state index in [1.807, 2.05) is 25.2 Å². The molecule has 0 saturated heterocycles. The molecule has 3 N–H and O–H groups in total. The predicted molar refractivity (Wildman–Crippen MR) is 69.8 cm³/mol. The zero-order valence-corrected chi connectivity index (χ0v) is 9.91. The first-order chi connectivity index (χ1) is 7.61. The van der Waals surface area contributed by atoms with Gasteiger partial charge in [0.25, 0.3) is 0 Å². The van der Waals surface area contributed by atoms with Crippen LogP contribution in [0.5, 0.6) is 0 Å². The molecule has 0 aliphatic carbocycles. The van der Waals surface area contributed by atoms with Crippen molar-refractivity contribution in [1.29, 1.82) is 0 Å². The van der Waals surface area contributed by atoms with E-state index in [4.69, 9.17) is 5.73 Å². The quantitative estimate of drug-likeness (QED) is 0.757. The number of nitrogens with zero attached hydrogens (tertiary/aromatic N) is 1. The molecule has 16 heavy (non-hydrogen) atoms. The summed E-state index contributed by atoms with van der Waals surface area (Å²) in [6, 6.07) is 7.96. The van der Waals surface area contributed by atoms with Gasteiger partial charge in [-0.2, -0.15) is 0 Å². The van der Waals surface area contributed by atoms with Crippen molar-refractivity contribution in [3.63, 3.8) is 0 Å². The number of anilines is 2. The first kappa shape index (κ1) is 10.7. The lowest BCUT2D eigenvalue weighted by Gasteiger charge is -2.13. The van der Waals surface area contributed by atoms with Gasteiger partial charge in [-0.05, 0) is 35.7 Å². The van der Waals surface area contributed by atoms with E-state index in [1.165, 1.54) is 5.56 Å². The maximum atomic E-state index is 5.78. The van der Waals surface area contributed by atoms with Crippen molar-refractivity contribution in [2.75, 3.05) is 18.1 Å². The second-order valence-corrected chi connectivity index (χ2v) is 4.28. The average molecular weight is 215 g/mol. The van der Waals surface area contributed by atoms with Crippen LogP contribution in [-0.2, 0) is 0 Å². The third-order valence-corrected chi connectivity index (χ3v) is 2.73. The lowest BCUT2D eigenvalue weighted by Crippen LogP contribution is -2.01. The Morgan fingerprint density at radius 1 is 1.25 bits per heavy atom. The molecule has 2 aromatic rings. The van der Waals surface area contributed by atoms with Gasteiger partial charge in [-0.1, -0.05) is 13.8 Å². The van der Waals surface area contributed by atoms with Gasteiger partial charge >= 0.3 is 0 Å². The molecule has 0 amide bonds. The lowest BCUT2D eigenvalue weighted by molar-refractivity contribution is 0.864. The van der Waals surface area contributed by atoms with Crippen molar-refractivity contribution >= 4 is 22.4 Å². The number of nitrogens with two attached hydrogens (primary N) is 1. The molecule has 0 unspecified atom stereocenters. The largest absolute Gasteiger partial charge is 0.399 e. The molecule has 3 heteroatoms. The van der Waals surface area contributed by atoms with Crippen LogP contribution in [0.15, 0.2) is 24.3 Å². The number of rotatable bonds is 2. The number of nitrogen functional groups attached to an aromatic ring is 1. The summed E-state index contributed by atoms with van der Waals surface area (Å²) < 4.78 is 0. The van der Waals surface area contributed by atoms with Crippen LogP contribution < -0.4 is 11.1 Å². The number of pyridine rings is 1. The van der Waals surface area contributed by atoms with Crippen LogP contribution in [0.3, 0.4) is 0 Å². The molecule has 2 rings (SSSR count). The van der Waals surface area contributed by atoms with Crippen LogP contribution in [0.1, 0.15) is 25.3 Å². The summed E-state index contributed by atoms with van der Waals surface area (Å²) in [6.45, 7) is 4.33. The highest BCUT2D eigenvalue weighted by atomic mass is 15.0. The van der Waals surface area contributed by atoms with E-state index in [0.29, 0.717) is 5.92 Å². The molecule has 0 spiro atoms. The zero-order valence-electron chi connectivity index (χ0n) is 9.91. The standard InChI is InChI=1S/C13H17N3/c1-8(2)11-7-9-6-10(14)4-5-12(9)16-13(11)15-3/h4-8H,14H2,1-3H3,(H,15,16). The summed E-state index contributed by atoms with van der Waals surface area (Å²) in [7, 11) is 1.90. The molecule has 1 aromatic heterocycles. The Morgan fingerprint density at radius 2 is 2.00 bits per heavy atom. The third-order valence-electron chi connectivity index (χ3n) is 2.73. The molecular formula is C13H17N3. The molecular weight excluding hydrogens is 198 g/mol. The maximum Gasteiger partial charge on any atom is 0.129 e. The molecule has 3 nitrogen and oxygen atoms in total. The lowest BCUT2D eigenvalue weighted by atomic mass is 10.0. The zero-order chi connectivity index (χ0) is 11.7. The monoisotopic (exact) mass is 215 g/mol. The fraction of sp³-hybridized carbons (Fsp3) is 0.308. The molecule has 0 saturated carbocycles. The van der Waals surface area contributed by atoms with E-state index in [2.05, 4.69) is 30.2 Å². The van der Waals surface area contributed by atoms with Crippen molar-refractivity contribution in [1.82, 2.24) is 4.98 Å². The number of hydrogen-bond donors (Lipinski definition) is 2. The summed E-state index contributed by atoms with van der Waals surface area (Å²) in [4.78, 5) is 4.59. The van der Waals surface area contributed by atoms with Crippen LogP contribution >= 0.6 is 0 Å². The first-order valence-electron chi connectivity index (χ1n) is 5.49. The van der Waals surface area contributed by atoms with Gasteiger partial charge in [0.15, 0.2) is 0 Å². The summed E-state index contributed by atoms with van der Waals surface area (Å²) in [5, 5.41) is 4.24. The Balaban J connectivity index is 2.70. The number of hydrogen-bond acceptors (Lipinski definition) is 3. The second-order valence-electron chi connectivity index (χ2n) is 4.28. The van der Waals surface area contributed by atoms with Crippen molar-refractivity contribution < 1.29 is 0 Å². The SMILES string of the molecule is CNc1nc2ccc(N)cc2cc1C(C)C. The molecule has 0 aliphatic rings. The maximum absolute atomic E-state index is 5.78. The predicted octanol–water partition coefficient (Wildman–Crippen LogP) is 2.98. The highest BCUT2D eigenvalue weighted by Gasteiger charge is 2.08. The van der Waals surface area contributed by atoms with Crippen molar-refractivity contribution in [3.8, 4) is 0 Å². The Hall–Kier alpha value is -1.77. The van der Waals surface area contributed by atoms with Gasteiger partial charge in [-0.25, -0.2) is 4.98 Å². The Labute approximate surface area is 95.7 Å². The Kier molecular flexibility index (Phi) is 2.69. The van der Waals surface area contributed by atoms with E-state index < -0.39 is 0 Å². The van der Waals surface area contributed by atoms with E-state index in [9.17, 15) is 0 Å². The van der Waals surface area contributed by atoms with Gasteiger partial charge in [0.2, 0.25) is 0 Å². The molecule has 0 radical (unpaired) electrons. The summed E-state index contributed by atoms with van der Waals surface area (Å²) in [5.74, 6) is 1.40. The topological polar surface area (TPSA) is 50.9 Å². The van der Waals surface area contributed by atoms with Crippen LogP contribution in [0.25, 0.3) is 10.9 Å². The van der Waals surface area contributed by atoms with Gasteiger partial charge in [-0.3, -0.25) is 0 Å². The van der Waals surface area contributed by atoms with Gasteiger partial charge in [0, 0.05) is 18.1 Å². The van der Waals surface area contributed by atoms with E-state index >= 15 is 0 Å². The summed E-state index contributed by atoms with van der Waals surface area (Å²) in [5.41, 5.74) is 8.75. The normalized spacial score (nSPS) is 11.0. The van der Waals surface area contributed by atoms with Gasteiger partial charge in [-0.15, -0.1) is 0 Å². The Morgan fingerprint density at radius 3 is 2.62 bits per heavy atom. The molecule has 0 aliphatic heterocycles. The highest BCUT2D eigenvalue weighted by Crippen LogP contribution is 2.27. The Bertz CT molecular complexity index is 518. The van der Waals surface area contributed by atoms with Crippen LogP contribution in [0, 0.1) is 0 Å². The molecule has 0 atom stereocenters. The van der Waals surface area contributed by atoms with Crippen LogP contribution in [-0.4, -0.2) is 12.0 Å². The summed E-state index contributed by atoms with van der Waals surface area (Å²) in [6.07, 6.45) is 0. The molecule has 0 fully saturated rings. The molecule has 1 aromatic carbocycles. The van der Waals surface area contributed by atoms with Gasteiger partial charge < -0.3 is 11.1 Å². The fourth-order valence-electron chi connectivity index (χ4n) is 1.85. The fourth-order valence-corrected chi connectivity index (χ4v) is 1.85. The van der Waals surface area contributed by atoms with E-state index in [-0.39, 0.29) is 0 Å². The number of benzene rings is 1. The molecule has 0 bridgehead atoms. The first-order valence-corrected chi connectivity index (χ1v) is 5.49. The second kappa shape index (κ2) is 4.00. The third kappa shape index (κ3) is 1.81. The minimum Gasteiger partial charge on any atom is -0.399 e. The van der Waals surface area contributed by atoms with Crippen molar-refractivity contribution in [2.24, 2.45) is 0 Å². The van der Waals surface area contributed by atoms with Gasteiger partial charge in [0.1, 0.15) is 5.82 Å². The van der Waals surface area contributed by atoms with Crippen molar-refractivity contribution in [3.05, 3.63) is 29.8 Å². The number of fused-ring (bicyclic) bond motifs is 1. The summed E-state index contributed by atoms with van der Waals surface area (Å²) >= 11 is 0. The average Bonchev–Trinajstić information content (AvgIpc) is 2.27. The smallest absolute Gasteiger partial charge is 0.129 e. The van der Waals surface area contributed by atoms with Crippen LogP contribution in [0.4, 0.5) is 11.5 Å². The van der Waals surface area contributed by atoms with Gasteiger partial charge in [0.05, 0.1) is 5.52 Å². The van der Waals surface area contributed by atoms with Crippen molar-refractivity contribution in [2.45, 2.75) is 19.8 Å². The van der Waals surface area contributed by atoms with E-state index in [1.54, 1.807) is 0 Å². The molecule has 84 valence electrons. The van der Waals surface area contributed by atoms with E-state index in [0.717, 1.165) is 22.4 Å². The minimum absolute atomic E-state index is 0.445.